The molecular formula is C12H21N3O2. The van der Waals surface area contributed by atoms with Crippen molar-refractivity contribution in [3.05, 3.63) is 0 Å². The highest BCUT2D eigenvalue weighted by molar-refractivity contribution is 5.85. The maximum Gasteiger partial charge on any atom is 0.239 e. The summed E-state index contributed by atoms with van der Waals surface area (Å²) in [5.74, 6) is 0.0765. The van der Waals surface area contributed by atoms with Gasteiger partial charge >= 0.3 is 0 Å². The fraction of sp³-hybridized carbons (Fsp3) is 0.833. The number of nitrogens with one attached hydrogen (secondary N) is 2. The summed E-state index contributed by atoms with van der Waals surface area (Å²) in [5.41, 5.74) is 0. The number of nitrogens with zero attached hydrogens (tertiary/aromatic N) is 1. The summed E-state index contributed by atoms with van der Waals surface area (Å²) in [6.07, 6.45) is 5.14. The standard InChI is InChI=1S/C12H21N3O2/c16-11-9-15(8-7-14-11)12(17)5-4-10-3-1-2-6-13-10/h10,13H,1-9H2,(H,14,16). The number of carbonyl (C=O) groups is 2. The number of hydrogen-bond donors (Lipinski definition) is 2. The molecule has 1 unspecified atom stereocenters. The largest absolute Gasteiger partial charge is 0.353 e. The van der Waals surface area contributed by atoms with Crippen LogP contribution in [0.15, 0.2) is 0 Å². The third kappa shape index (κ3) is 3.70. The van der Waals surface area contributed by atoms with Crippen LogP contribution < -0.4 is 10.6 Å². The van der Waals surface area contributed by atoms with Gasteiger partial charge in [-0.2, -0.15) is 0 Å². The molecular weight excluding hydrogens is 218 g/mol. The first-order valence-electron chi connectivity index (χ1n) is 6.53. The Morgan fingerprint density at radius 3 is 2.94 bits per heavy atom. The highest BCUT2D eigenvalue weighted by atomic mass is 16.2. The van der Waals surface area contributed by atoms with Crippen LogP contribution in [0.1, 0.15) is 32.1 Å². The SMILES string of the molecule is O=C1CN(C(=O)CCC2CCCCN2)CCN1. The molecule has 0 aromatic carbocycles. The maximum atomic E-state index is 11.9. The lowest BCUT2D eigenvalue weighted by Gasteiger charge is -2.28. The van der Waals surface area contributed by atoms with Crippen molar-refractivity contribution in [1.29, 1.82) is 0 Å². The van der Waals surface area contributed by atoms with Gasteiger partial charge in [-0.15, -0.1) is 0 Å². The fourth-order valence-corrected chi connectivity index (χ4v) is 2.48. The summed E-state index contributed by atoms with van der Waals surface area (Å²) in [5, 5.41) is 6.16. The Kier molecular flexibility index (Phi) is 4.36. The zero-order chi connectivity index (χ0) is 12.1. The average molecular weight is 239 g/mol. The molecule has 96 valence electrons. The monoisotopic (exact) mass is 239 g/mol. The number of carbonyl (C=O) groups excluding carboxylic acids is 2. The number of hydrogen-bond acceptors (Lipinski definition) is 3. The molecule has 2 N–H and O–H groups in total. The number of piperazine rings is 1. The van der Waals surface area contributed by atoms with Crippen molar-refractivity contribution in [2.75, 3.05) is 26.2 Å². The van der Waals surface area contributed by atoms with Gasteiger partial charge < -0.3 is 15.5 Å². The molecule has 0 aromatic heterocycles. The van der Waals surface area contributed by atoms with Gasteiger partial charge in [-0.25, -0.2) is 0 Å². The Bertz CT molecular complexity index is 287. The summed E-state index contributed by atoms with van der Waals surface area (Å²) in [4.78, 5) is 24.7. The third-order valence-corrected chi connectivity index (χ3v) is 3.51. The predicted octanol–water partition coefficient (Wildman–Crippen LogP) is -0.133. The van der Waals surface area contributed by atoms with Gasteiger partial charge in [0.2, 0.25) is 11.8 Å². The minimum Gasteiger partial charge on any atom is -0.353 e. The van der Waals surface area contributed by atoms with Crippen LogP contribution in [0.5, 0.6) is 0 Å². The Labute approximate surface area is 102 Å². The summed E-state index contributed by atoms with van der Waals surface area (Å²) in [6.45, 7) is 2.55. The van der Waals surface area contributed by atoms with E-state index in [0.717, 1.165) is 13.0 Å². The second kappa shape index (κ2) is 6.00. The molecule has 0 aromatic rings. The number of amides is 2. The molecule has 2 rings (SSSR count). The van der Waals surface area contributed by atoms with Gasteiger partial charge in [0, 0.05) is 25.6 Å². The molecule has 0 spiro atoms. The minimum absolute atomic E-state index is 0.0413. The number of piperidine rings is 1. The lowest BCUT2D eigenvalue weighted by molar-refractivity contribution is -0.138. The van der Waals surface area contributed by atoms with Crippen molar-refractivity contribution in [1.82, 2.24) is 15.5 Å². The first-order valence-corrected chi connectivity index (χ1v) is 6.53. The molecule has 0 radical (unpaired) electrons. The molecule has 2 aliphatic rings. The smallest absolute Gasteiger partial charge is 0.239 e. The minimum atomic E-state index is -0.0413. The van der Waals surface area contributed by atoms with E-state index in [2.05, 4.69) is 10.6 Å². The molecule has 5 heteroatoms. The van der Waals surface area contributed by atoms with Crippen LogP contribution in [0.25, 0.3) is 0 Å². The Hall–Kier alpha value is -1.10. The molecule has 0 aliphatic carbocycles. The lowest BCUT2D eigenvalue weighted by Crippen LogP contribution is -2.50. The van der Waals surface area contributed by atoms with E-state index in [1.807, 2.05) is 0 Å². The quantitative estimate of drug-likeness (QED) is 0.721. The van der Waals surface area contributed by atoms with Crippen molar-refractivity contribution in [2.24, 2.45) is 0 Å². The summed E-state index contributed by atoms with van der Waals surface area (Å²) in [7, 11) is 0. The molecule has 2 fully saturated rings. The molecule has 2 amide bonds. The second-order valence-electron chi connectivity index (χ2n) is 4.85. The lowest BCUT2D eigenvalue weighted by atomic mass is 10.0. The van der Waals surface area contributed by atoms with Crippen molar-refractivity contribution < 1.29 is 9.59 Å². The molecule has 17 heavy (non-hydrogen) atoms. The first-order chi connectivity index (χ1) is 8.25. The van der Waals surface area contributed by atoms with Gasteiger partial charge in [0.1, 0.15) is 0 Å². The van der Waals surface area contributed by atoms with E-state index in [1.54, 1.807) is 4.90 Å². The first kappa shape index (κ1) is 12.4. The van der Waals surface area contributed by atoms with E-state index in [4.69, 9.17) is 0 Å². The topological polar surface area (TPSA) is 61.4 Å². The zero-order valence-corrected chi connectivity index (χ0v) is 10.2. The van der Waals surface area contributed by atoms with Crippen LogP contribution in [0.4, 0.5) is 0 Å². The van der Waals surface area contributed by atoms with E-state index in [1.165, 1.54) is 19.3 Å². The predicted molar refractivity (Wildman–Crippen MR) is 64.5 cm³/mol. The van der Waals surface area contributed by atoms with E-state index < -0.39 is 0 Å². The molecule has 5 nitrogen and oxygen atoms in total. The molecule has 2 saturated heterocycles. The van der Waals surface area contributed by atoms with Crippen LogP contribution in [0.2, 0.25) is 0 Å². The maximum absolute atomic E-state index is 11.9. The van der Waals surface area contributed by atoms with Crippen LogP contribution in [-0.2, 0) is 9.59 Å². The van der Waals surface area contributed by atoms with Gasteiger partial charge in [-0.1, -0.05) is 6.42 Å². The molecule has 0 saturated carbocycles. The average Bonchev–Trinajstić information content (AvgIpc) is 2.37. The summed E-state index contributed by atoms with van der Waals surface area (Å²) < 4.78 is 0. The summed E-state index contributed by atoms with van der Waals surface area (Å²) >= 11 is 0. The van der Waals surface area contributed by atoms with Crippen LogP contribution >= 0.6 is 0 Å². The van der Waals surface area contributed by atoms with Crippen LogP contribution in [0, 0.1) is 0 Å². The molecule has 2 aliphatic heterocycles. The Morgan fingerprint density at radius 1 is 1.35 bits per heavy atom. The Morgan fingerprint density at radius 2 is 2.24 bits per heavy atom. The summed E-state index contributed by atoms with van der Waals surface area (Å²) in [6, 6.07) is 0.492. The normalized spacial score (nSPS) is 25.5. The van der Waals surface area contributed by atoms with Crippen molar-refractivity contribution in [2.45, 2.75) is 38.1 Å². The second-order valence-corrected chi connectivity index (χ2v) is 4.85. The van der Waals surface area contributed by atoms with Gasteiger partial charge in [-0.3, -0.25) is 9.59 Å². The molecule has 2 heterocycles. The van der Waals surface area contributed by atoms with Crippen LogP contribution in [0.3, 0.4) is 0 Å². The van der Waals surface area contributed by atoms with Crippen LogP contribution in [-0.4, -0.2) is 48.9 Å². The zero-order valence-electron chi connectivity index (χ0n) is 10.2. The molecule has 1 atom stereocenters. The van der Waals surface area contributed by atoms with E-state index in [9.17, 15) is 9.59 Å². The van der Waals surface area contributed by atoms with E-state index >= 15 is 0 Å². The van der Waals surface area contributed by atoms with Crippen molar-refractivity contribution in [3.8, 4) is 0 Å². The Balaban J connectivity index is 1.70. The third-order valence-electron chi connectivity index (χ3n) is 3.51. The van der Waals surface area contributed by atoms with Gasteiger partial charge in [0.05, 0.1) is 6.54 Å². The highest BCUT2D eigenvalue weighted by Crippen LogP contribution is 2.12. The van der Waals surface area contributed by atoms with Crippen molar-refractivity contribution in [3.63, 3.8) is 0 Å². The number of rotatable bonds is 3. The van der Waals surface area contributed by atoms with Gasteiger partial charge in [0.25, 0.3) is 0 Å². The molecule has 0 bridgehead atoms. The van der Waals surface area contributed by atoms with E-state index in [0.29, 0.717) is 25.6 Å². The van der Waals surface area contributed by atoms with Gasteiger partial charge in [-0.05, 0) is 25.8 Å². The highest BCUT2D eigenvalue weighted by Gasteiger charge is 2.22. The fourth-order valence-electron chi connectivity index (χ4n) is 2.48. The van der Waals surface area contributed by atoms with Crippen molar-refractivity contribution >= 4 is 11.8 Å². The van der Waals surface area contributed by atoms with E-state index in [-0.39, 0.29) is 18.4 Å². The van der Waals surface area contributed by atoms with Gasteiger partial charge in [0.15, 0.2) is 0 Å².